The summed E-state index contributed by atoms with van der Waals surface area (Å²) in [4.78, 5) is 25.6. The lowest BCUT2D eigenvalue weighted by Crippen LogP contribution is -2.46. The zero-order valence-corrected chi connectivity index (χ0v) is 19.5. The Balaban J connectivity index is 1.39. The summed E-state index contributed by atoms with van der Waals surface area (Å²) < 4.78 is 18.7. The van der Waals surface area contributed by atoms with Crippen molar-refractivity contribution in [2.75, 3.05) is 11.9 Å². The number of aromatic nitrogens is 2. The van der Waals surface area contributed by atoms with Crippen LogP contribution in [0.2, 0.25) is 0 Å². The van der Waals surface area contributed by atoms with Gasteiger partial charge < -0.3 is 10.1 Å². The van der Waals surface area contributed by atoms with Crippen LogP contribution in [0.1, 0.15) is 11.1 Å². The summed E-state index contributed by atoms with van der Waals surface area (Å²) in [5.41, 5.74) is 2.53. The number of hydrogen-bond acceptors (Lipinski definition) is 6. The first-order valence-electron chi connectivity index (χ1n) is 10.9. The SMILES string of the molecule is O=C(COCc1ccccc1)NC(Cc1ccccc1)C(=O)Nc1nnc(-c2ccc(F)cc2)s1. The van der Waals surface area contributed by atoms with Crippen LogP contribution in [0.5, 0.6) is 0 Å². The van der Waals surface area contributed by atoms with Crippen LogP contribution in [-0.2, 0) is 27.4 Å². The minimum Gasteiger partial charge on any atom is -0.367 e. The molecule has 1 aromatic heterocycles. The molecule has 1 atom stereocenters. The van der Waals surface area contributed by atoms with Gasteiger partial charge in [-0.1, -0.05) is 72.0 Å². The maximum Gasteiger partial charge on any atom is 0.249 e. The highest BCUT2D eigenvalue weighted by atomic mass is 32.1. The zero-order chi connectivity index (χ0) is 24.5. The molecule has 2 amide bonds. The van der Waals surface area contributed by atoms with Gasteiger partial charge in [0, 0.05) is 12.0 Å². The van der Waals surface area contributed by atoms with Gasteiger partial charge in [-0.25, -0.2) is 4.39 Å². The zero-order valence-electron chi connectivity index (χ0n) is 18.7. The van der Waals surface area contributed by atoms with Crippen LogP contribution in [0.15, 0.2) is 84.9 Å². The number of carbonyl (C=O) groups is 2. The third kappa shape index (κ3) is 7.26. The predicted octanol–water partition coefficient (Wildman–Crippen LogP) is 4.23. The standard InChI is InChI=1S/C26H23FN4O3S/c27-21-13-11-20(12-14-21)25-30-31-26(35-25)29-24(33)22(15-18-7-3-1-4-8-18)28-23(32)17-34-16-19-9-5-2-6-10-19/h1-14,22H,15-17H2,(H,28,32)(H,29,31,33). The molecule has 0 radical (unpaired) electrons. The number of ether oxygens (including phenoxy) is 1. The van der Waals surface area contributed by atoms with E-state index in [1.165, 1.54) is 12.1 Å². The molecule has 4 rings (SSSR count). The fraction of sp³-hybridized carbons (Fsp3) is 0.154. The van der Waals surface area contributed by atoms with E-state index in [9.17, 15) is 14.0 Å². The summed E-state index contributed by atoms with van der Waals surface area (Å²) in [5, 5.41) is 14.4. The Morgan fingerprint density at radius 3 is 2.23 bits per heavy atom. The van der Waals surface area contributed by atoms with Crippen molar-refractivity contribution < 1.29 is 18.7 Å². The minimum absolute atomic E-state index is 0.180. The fourth-order valence-electron chi connectivity index (χ4n) is 3.31. The first-order valence-corrected chi connectivity index (χ1v) is 11.7. The number of hydrogen-bond donors (Lipinski definition) is 2. The van der Waals surface area contributed by atoms with Gasteiger partial charge in [0.2, 0.25) is 16.9 Å². The highest BCUT2D eigenvalue weighted by molar-refractivity contribution is 7.18. The van der Waals surface area contributed by atoms with E-state index in [1.54, 1.807) is 12.1 Å². The molecule has 0 spiro atoms. The lowest BCUT2D eigenvalue weighted by atomic mass is 10.1. The Morgan fingerprint density at radius 1 is 0.886 bits per heavy atom. The topological polar surface area (TPSA) is 93.2 Å². The van der Waals surface area contributed by atoms with E-state index in [2.05, 4.69) is 20.8 Å². The van der Waals surface area contributed by atoms with Crippen LogP contribution in [0, 0.1) is 5.82 Å². The van der Waals surface area contributed by atoms with Gasteiger partial charge in [-0.15, -0.1) is 10.2 Å². The van der Waals surface area contributed by atoms with Crippen LogP contribution in [0.3, 0.4) is 0 Å². The maximum atomic E-state index is 13.2. The first-order chi connectivity index (χ1) is 17.1. The Morgan fingerprint density at radius 2 is 1.54 bits per heavy atom. The van der Waals surface area contributed by atoms with Crippen LogP contribution < -0.4 is 10.6 Å². The van der Waals surface area contributed by atoms with Gasteiger partial charge in [0.05, 0.1) is 6.61 Å². The smallest absolute Gasteiger partial charge is 0.249 e. The highest BCUT2D eigenvalue weighted by Gasteiger charge is 2.23. The largest absolute Gasteiger partial charge is 0.367 e. The quantitative estimate of drug-likeness (QED) is 0.347. The second-order valence-electron chi connectivity index (χ2n) is 7.70. The van der Waals surface area contributed by atoms with E-state index in [0.717, 1.165) is 22.5 Å². The van der Waals surface area contributed by atoms with Gasteiger partial charge in [0.15, 0.2) is 0 Å². The van der Waals surface area contributed by atoms with Gasteiger partial charge in [-0.2, -0.15) is 0 Å². The van der Waals surface area contributed by atoms with E-state index in [-0.39, 0.29) is 17.6 Å². The molecule has 0 aliphatic rings. The van der Waals surface area contributed by atoms with Crippen LogP contribution in [0.4, 0.5) is 9.52 Å². The second-order valence-corrected chi connectivity index (χ2v) is 8.67. The monoisotopic (exact) mass is 490 g/mol. The molecule has 0 aliphatic heterocycles. The molecule has 2 N–H and O–H groups in total. The molecule has 0 saturated heterocycles. The first kappa shape index (κ1) is 24.2. The molecular formula is C26H23FN4O3S. The molecule has 1 heterocycles. The predicted molar refractivity (Wildman–Crippen MR) is 132 cm³/mol. The van der Waals surface area contributed by atoms with Crippen molar-refractivity contribution in [2.45, 2.75) is 19.1 Å². The molecule has 35 heavy (non-hydrogen) atoms. The van der Waals surface area contributed by atoms with Crippen molar-refractivity contribution in [3.8, 4) is 10.6 Å². The van der Waals surface area contributed by atoms with Gasteiger partial charge in [-0.3, -0.25) is 14.9 Å². The normalized spacial score (nSPS) is 11.6. The van der Waals surface area contributed by atoms with Crippen molar-refractivity contribution in [3.63, 3.8) is 0 Å². The number of nitrogens with one attached hydrogen (secondary N) is 2. The fourth-order valence-corrected chi connectivity index (χ4v) is 4.06. The molecule has 0 fully saturated rings. The molecule has 3 aromatic carbocycles. The number of carbonyl (C=O) groups excluding carboxylic acids is 2. The van der Waals surface area contributed by atoms with E-state index < -0.39 is 17.9 Å². The number of rotatable bonds is 10. The minimum atomic E-state index is -0.844. The van der Waals surface area contributed by atoms with Gasteiger partial charge in [0.1, 0.15) is 23.5 Å². The van der Waals surface area contributed by atoms with Crippen LogP contribution >= 0.6 is 11.3 Å². The van der Waals surface area contributed by atoms with Crippen LogP contribution in [-0.4, -0.2) is 34.7 Å². The van der Waals surface area contributed by atoms with E-state index in [4.69, 9.17) is 4.74 Å². The third-order valence-electron chi connectivity index (χ3n) is 5.03. The molecule has 0 aliphatic carbocycles. The van der Waals surface area contributed by atoms with Gasteiger partial charge >= 0.3 is 0 Å². The van der Waals surface area contributed by atoms with Gasteiger partial charge in [0.25, 0.3) is 0 Å². The number of amides is 2. The summed E-state index contributed by atoms with van der Waals surface area (Å²) in [6.45, 7) is 0.113. The molecule has 7 nitrogen and oxygen atoms in total. The molecule has 4 aromatic rings. The second kappa shape index (κ2) is 12.0. The summed E-state index contributed by atoms with van der Waals surface area (Å²) in [7, 11) is 0. The lowest BCUT2D eigenvalue weighted by Gasteiger charge is -2.18. The van der Waals surface area contributed by atoms with Crippen molar-refractivity contribution >= 4 is 28.3 Å². The summed E-state index contributed by atoms with van der Waals surface area (Å²) in [5.74, 6) is -1.17. The number of anilines is 1. The Hall–Kier alpha value is -3.95. The van der Waals surface area contributed by atoms with Crippen molar-refractivity contribution in [1.82, 2.24) is 15.5 Å². The number of nitrogens with zero attached hydrogens (tertiary/aromatic N) is 2. The Labute approximate surface area is 206 Å². The molecular weight excluding hydrogens is 467 g/mol. The Kier molecular flexibility index (Phi) is 8.26. The molecule has 1 unspecified atom stereocenters. The highest BCUT2D eigenvalue weighted by Crippen LogP contribution is 2.26. The molecule has 0 saturated carbocycles. The van der Waals surface area contributed by atoms with Crippen molar-refractivity contribution in [2.24, 2.45) is 0 Å². The number of halogens is 1. The summed E-state index contributed by atoms with van der Waals surface area (Å²) in [6, 6.07) is 23.9. The lowest BCUT2D eigenvalue weighted by molar-refractivity contribution is -0.130. The van der Waals surface area contributed by atoms with E-state index >= 15 is 0 Å². The molecule has 0 bridgehead atoms. The Bertz CT molecular complexity index is 1250. The molecule has 178 valence electrons. The van der Waals surface area contributed by atoms with Crippen molar-refractivity contribution in [3.05, 3.63) is 102 Å². The average molecular weight is 491 g/mol. The molecule has 9 heteroatoms. The van der Waals surface area contributed by atoms with Crippen molar-refractivity contribution in [1.29, 1.82) is 0 Å². The average Bonchev–Trinajstić information content (AvgIpc) is 3.34. The van der Waals surface area contributed by atoms with E-state index in [0.29, 0.717) is 23.6 Å². The summed E-state index contributed by atoms with van der Waals surface area (Å²) in [6.07, 6.45) is 0.292. The van der Waals surface area contributed by atoms with Gasteiger partial charge in [-0.05, 0) is 35.4 Å². The maximum absolute atomic E-state index is 13.2. The third-order valence-corrected chi connectivity index (χ3v) is 5.91. The number of benzene rings is 3. The summed E-state index contributed by atoms with van der Waals surface area (Å²) >= 11 is 1.16. The van der Waals surface area contributed by atoms with E-state index in [1.807, 2.05) is 60.7 Å². The van der Waals surface area contributed by atoms with Crippen LogP contribution in [0.25, 0.3) is 10.6 Å².